The van der Waals surface area contributed by atoms with Gasteiger partial charge in [-0.05, 0) is 49.2 Å². The van der Waals surface area contributed by atoms with Gasteiger partial charge in [-0.2, -0.15) is 0 Å². The molecule has 0 saturated carbocycles. The van der Waals surface area contributed by atoms with Gasteiger partial charge in [-0.15, -0.1) is 0 Å². The maximum Gasteiger partial charge on any atom is 0.341 e. The van der Waals surface area contributed by atoms with Gasteiger partial charge in [0.15, 0.2) is 11.5 Å². The third-order valence-electron chi connectivity index (χ3n) is 4.49. The molecule has 0 saturated heterocycles. The van der Waals surface area contributed by atoms with Crippen molar-refractivity contribution in [2.45, 2.75) is 13.3 Å². The monoisotopic (exact) mass is 458 g/mol. The molecule has 1 aromatic heterocycles. The Morgan fingerprint density at radius 1 is 1.10 bits per heavy atom. The molecular formula is C22H23BrN2O4. The van der Waals surface area contributed by atoms with Crippen LogP contribution in [0.25, 0.3) is 10.9 Å². The van der Waals surface area contributed by atoms with Gasteiger partial charge in [-0.3, -0.25) is 4.98 Å². The number of halogens is 1. The summed E-state index contributed by atoms with van der Waals surface area (Å²) in [6.45, 7) is 2.71. The third kappa shape index (κ3) is 4.79. The first-order chi connectivity index (χ1) is 14.1. The van der Waals surface area contributed by atoms with Crippen LogP contribution in [-0.2, 0) is 11.2 Å². The van der Waals surface area contributed by atoms with E-state index in [0.717, 1.165) is 33.0 Å². The van der Waals surface area contributed by atoms with Crippen molar-refractivity contribution < 1.29 is 19.0 Å². The van der Waals surface area contributed by atoms with Crippen molar-refractivity contribution in [2.24, 2.45) is 0 Å². The summed E-state index contributed by atoms with van der Waals surface area (Å²) in [4.78, 5) is 16.8. The Kier molecular flexibility index (Phi) is 6.93. The highest BCUT2D eigenvalue weighted by Crippen LogP contribution is 2.30. The zero-order valence-corrected chi connectivity index (χ0v) is 18.2. The number of fused-ring (bicyclic) bond motifs is 1. The quantitative estimate of drug-likeness (QED) is 0.486. The van der Waals surface area contributed by atoms with E-state index in [1.165, 1.54) is 0 Å². The Labute approximate surface area is 178 Å². The van der Waals surface area contributed by atoms with E-state index in [-0.39, 0.29) is 0 Å². The van der Waals surface area contributed by atoms with Gasteiger partial charge in [0.2, 0.25) is 0 Å². The van der Waals surface area contributed by atoms with Crippen molar-refractivity contribution in [2.75, 3.05) is 32.7 Å². The van der Waals surface area contributed by atoms with Gasteiger partial charge in [0, 0.05) is 22.6 Å². The predicted molar refractivity (Wildman–Crippen MR) is 117 cm³/mol. The fraction of sp³-hybridized carbons (Fsp3) is 0.273. The summed E-state index contributed by atoms with van der Waals surface area (Å²) < 4.78 is 16.8. The molecule has 1 heterocycles. The average Bonchev–Trinajstić information content (AvgIpc) is 2.73. The maximum absolute atomic E-state index is 12.4. The molecule has 3 aromatic rings. The molecule has 0 fully saturated rings. The van der Waals surface area contributed by atoms with Crippen LogP contribution >= 0.6 is 15.9 Å². The van der Waals surface area contributed by atoms with E-state index in [1.54, 1.807) is 27.3 Å². The second-order valence-corrected chi connectivity index (χ2v) is 7.21. The van der Waals surface area contributed by atoms with Crippen LogP contribution in [0, 0.1) is 0 Å². The highest BCUT2D eigenvalue weighted by atomic mass is 79.9. The van der Waals surface area contributed by atoms with Crippen LogP contribution in [0.4, 0.5) is 5.69 Å². The molecule has 0 radical (unpaired) electrons. The number of rotatable bonds is 8. The van der Waals surface area contributed by atoms with Crippen LogP contribution in [0.5, 0.6) is 11.5 Å². The lowest BCUT2D eigenvalue weighted by molar-refractivity contribution is 0.0527. The van der Waals surface area contributed by atoms with Crippen LogP contribution < -0.4 is 14.8 Å². The minimum absolute atomic E-state index is 0.306. The van der Waals surface area contributed by atoms with Crippen LogP contribution in [-0.4, -0.2) is 38.3 Å². The summed E-state index contributed by atoms with van der Waals surface area (Å²) in [5.41, 5.74) is 3.03. The summed E-state index contributed by atoms with van der Waals surface area (Å²) in [5.74, 6) is 0.991. The lowest BCUT2D eigenvalue weighted by atomic mass is 10.1. The number of carbonyl (C=O) groups is 1. The Morgan fingerprint density at radius 3 is 2.62 bits per heavy atom. The largest absolute Gasteiger partial charge is 0.493 e. The van der Waals surface area contributed by atoms with Gasteiger partial charge >= 0.3 is 5.97 Å². The second kappa shape index (κ2) is 9.60. The summed E-state index contributed by atoms with van der Waals surface area (Å²) in [7, 11) is 3.23. The van der Waals surface area contributed by atoms with Crippen molar-refractivity contribution in [3.8, 4) is 11.5 Å². The molecule has 0 spiro atoms. The number of hydrogen-bond acceptors (Lipinski definition) is 6. The van der Waals surface area contributed by atoms with E-state index in [0.29, 0.717) is 30.2 Å². The second-order valence-electron chi connectivity index (χ2n) is 6.29. The number of ether oxygens (including phenoxy) is 3. The molecule has 0 aliphatic carbocycles. The molecule has 7 heteroatoms. The molecule has 0 aliphatic heterocycles. The lowest BCUT2D eigenvalue weighted by Crippen LogP contribution is -2.13. The van der Waals surface area contributed by atoms with E-state index >= 15 is 0 Å². The fourth-order valence-corrected chi connectivity index (χ4v) is 3.45. The SMILES string of the molecule is CCOC(=O)c1cnc2ccc(Br)cc2c1NCCc1ccc(OC)c(OC)c1. The van der Waals surface area contributed by atoms with E-state index < -0.39 is 5.97 Å². The Bertz CT molecular complexity index is 1020. The molecule has 1 N–H and O–H groups in total. The average molecular weight is 459 g/mol. The van der Waals surface area contributed by atoms with Crippen molar-refractivity contribution in [1.29, 1.82) is 0 Å². The van der Waals surface area contributed by atoms with Gasteiger partial charge < -0.3 is 19.5 Å². The van der Waals surface area contributed by atoms with Crippen molar-refractivity contribution in [3.63, 3.8) is 0 Å². The van der Waals surface area contributed by atoms with Gasteiger partial charge in [0.25, 0.3) is 0 Å². The molecule has 6 nitrogen and oxygen atoms in total. The summed E-state index contributed by atoms with van der Waals surface area (Å²) >= 11 is 3.50. The molecule has 3 rings (SSSR count). The van der Waals surface area contributed by atoms with Crippen LogP contribution in [0.3, 0.4) is 0 Å². The molecule has 0 atom stereocenters. The topological polar surface area (TPSA) is 69.7 Å². The standard InChI is InChI=1S/C22H23BrN2O4/c1-4-29-22(26)17-13-25-18-7-6-15(23)12-16(18)21(17)24-10-9-14-5-8-19(27-2)20(11-14)28-3/h5-8,11-13H,4,9-10H2,1-3H3,(H,24,25). The fourth-order valence-electron chi connectivity index (χ4n) is 3.09. The number of anilines is 1. The van der Waals surface area contributed by atoms with Crippen LogP contribution in [0.1, 0.15) is 22.8 Å². The van der Waals surface area contributed by atoms with Crippen LogP contribution in [0.2, 0.25) is 0 Å². The van der Waals surface area contributed by atoms with Gasteiger partial charge in [-0.1, -0.05) is 22.0 Å². The maximum atomic E-state index is 12.4. The minimum atomic E-state index is -0.393. The zero-order chi connectivity index (χ0) is 20.8. The highest BCUT2D eigenvalue weighted by Gasteiger charge is 2.17. The Balaban J connectivity index is 1.87. The van der Waals surface area contributed by atoms with Gasteiger partial charge in [0.05, 0.1) is 32.0 Å². The number of methoxy groups -OCH3 is 2. The predicted octanol–water partition coefficient (Wildman–Crippen LogP) is 4.85. The molecule has 0 unspecified atom stereocenters. The first-order valence-corrected chi connectivity index (χ1v) is 10.1. The lowest BCUT2D eigenvalue weighted by Gasteiger charge is -2.15. The molecule has 29 heavy (non-hydrogen) atoms. The summed E-state index contributed by atoms with van der Waals surface area (Å²) in [6.07, 6.45) is 2.30. The number of carbonyl (C=O) groups excluding carboxylic acids is 1. The van der Waals surface area contributed by atoms with Crippen molar-refractivity contribution >= 4 is 38.5 Å². The molecule has 0 aliphatic rings. The van der Waals surface area contributed by atoms with E-state index in [4.69, 9.17) is 14.2 Å². The van der Waals surface area contributed by atoms with Gasteiger partial charge in [-0.25, -0.2) is 4.79 Å². The van der Waals surface area contributed by atoms with Crippen LogP contribution in [0.15, 0.2) is 47.1 Å². The summed E-state index contributed by atoms with van der Waals surface area (Å²) in [6, 6.07) is 11.6. The third-order valence-corrected chi connectivity index (χ3v) is 4.98. The molecule has 0 bridgehead atoms. The minimum Gasteiger partial charge on any atom is -0.493 e. The highest BCUT2D eigenvalue weighted by molar-refractivity contribution is 9.10. The first kappa shape index (κ1) is 20.9. The van der Waals surface area contributed by atoms with Crippen molar-refractivity contribution in [3.05, 3.63) is 58.2 Å². The number of benzene rings is 2. The number of nitrogens with zero attached hydrogens (tertiary/aromatic N) is 1. The summed E-state index contributed by atoms with van der Waals surface area (Å²) in [5, 5.41) is 4.26. The number of esters is 1. The zero-order valence-electron chi connectivity index (χ0n) is 16.6. The van der Waals surface area contributed by atoms with Crippen molar-refractivity contribution in [1.82, 2.24) is 4.98 Å². The van der Waals surface area contributed by atoms with Gasteiger partial charge in [0.1, 0.15) is 5.56 Å². The number of aromatic nitrogens is 1. The number of nitrogens with one attached hydrogen (secondary N) is 1. The molecule has 2 aromatic carbocycles. The molecular weight excluding hydrogens is 436 g/mol. The number of hydrogen-bond donors (Lipinski definition) is 1. The van der Waals surface area contributed by atoms with E-state index in [2.05, 4.69) is 26.2 Å². The smallest absolute Gasteiger partial charge is 0.341 e. The van der Waals surface area contributed by atoms with E-state index in [9.17, 15) is 4.79 Å². The Morgan fingerprint density at radius 2 is 1.90 bits per heavy atom. The Hall–Kier alpha value is -2.80. The van der Waals surface area contributed by atoms with E-state index in [1.807, 2.05) is 36.4 Å². The first-order valence-electron chi connectivity index (χ1n) is 9.27. The normalized spacial score (nSPS) is 10.6. The molecule has 0 amide bonds. The molecule has 152 valence electrons. The number of pyridine rings is 1.